The van der Waals surface area contributed by atoms with Crippen molar-refractivity contribution >= 4 is 62.2 Å². The summed E-state index contributed by atoms with van der Waals surface area (Å²) in [6.45, 7) is 0.103. The summed E-state index contributed by atoms with van der Waals surface area (Å²) in [5.74, 6) is -0.538. The fraction of sp³-hybridized carbons (Fsp3) is 0.0667. The van der Waals surface area contributed by atoms with Gasteiger partial charge in [0.2, 0.25) is 0 Å². The Morgan fingerprint density at radius 2 is 2.08 bits per heavy atom. The maximum Gasteiger partial charge on any atom is 0.267 e. The van der Waals surface area contributed by atoms with Crippen molar-refractivity contribution in [2.75, 3.05) is 5.32 Å². The van der Waals surface area contributed by atoms with Gasteiger partial charge in [-0.25, -0.2) is 4.39 Å². The van der Waals surface area contributed by atoms with Gasteiger partial charge in [-0.2, -0.15) is 5.10 Å². The molecule has 0 unspecified atom stereocenters. The minimum Gasteiger partial charge on any atom is -0.303 e. The summed E-state index contributed by atoms with van der Waals surface area (Å²) < 4.78 is 16.1. The lowest BCUT2D eigenvalue weighted by Crippen LogP contribution is -2.11. The SMILES string of the molecule is O=C(Nc1nn(Cc2c(F)cccc2Cl)cc1Cl)c1ccc(Br)s1. The molecule has 0 aliphatic heterocycles. The fourth-order valence-electron chi connectivity index (χ4n) is 2.01. The molecule has 2 heterocycles. The fourth-order valence-corrected chi connectivity index (χ4v) is 3.72. The first-order valence-corrected chi connectivity index (χ1v) is 9.03. The lowest BCUT2D eigenvalue weighted by atomic mass is 10.2. The molecular weight excluding hydrogens is 440 g/mol. The summed E-state index contributed by atoms with van der Waals surface area (Å²) >= 11 is 16.7. The number of carbonyl (C=O) groups is 1. The average Bonchev–Trinajstić information content (AvgIpc) is 3.10. The van der Waals surface area contributed by atoms with Crippen LogP contribution < -0.4 is 5.32 Å². The van der Waals surface area contributed by atoms with E-state index in [1.807, 2.05) is 0 Å². The number of benzene rings is 1. The molecule has 0 spiro atoms. The first kappa shape index (κ1) is 17.4. The standard InChI is InChI=1S/C15H9BrCl2FN3OS/c16-13-5-4-12(24-13)15(23)20-14-10(18)7-22(21-14)6-8-9(17)2-1-3-11(8)19/h1-5,7H,6H2,(H,20,21,23). The number of amides is 1. The van der Waals surface area contributed by atoms with Gasteiger partial charge in [-0.15, -0.1) is 11.3 Å². The molecule has 3 aromatic rings. The number of nitrogens with one attached hydrogen (secondary N) is 1. The first-order valence-electron chi connectivity index (χ1n) is 6.66. The van der Waals surface area contributed by atoms with Crippen molar-refractivity contribution in [3.05, 3.63) is 66.6 Å². The second-order valence-electron chi connectivity index (χ2n) is 4.78. The molecule has 24 heavy (non-hydrogen) atoms. The van der Waals surface area contributed by atoms with Crippen LogP contribution in [0, 0.1) is 5.82 Å². The molecule has 0 atom stereocenters. The molecule has 0 radical (unpaired) electrons. The van der Waals surface area contributed by atoms with E-state index in [-0.39, 0.29) is 23.3 Å². The molecule has 4 nitrogen and oxygen atoms in total. The third kappa shape index (κ3) is 3.80. The van der Waals surface area contributed by atoms with Crippen molar-refractivity contribution in [2.24, 2.45) is 0 Å². The lowest BCUT2D eigenvalue weighted by molar-refractivity contribution is 0.103. The number of nitrogens with zero attached hydrogens (tertiary/aromatic N) is 2. The van der Waals surface area contributed by atoms with Crippen molar-refractivity contribution in [2.45, 2.75) is 6.54 Å². The number of halogens is 4. The van der Waals surface area contributed by atoms with Gasteiger partial charge in [0.25, 0.3) is 5.91 Å². The second-order valence-corrected chi connectivity index (χ2v) is 8.06. The van der Waals surface area contributed by atoms with Gasteiger partial charge < -0.3 is 5.32 Å². The van der Waals surface area contributed by atoms with Crippen molar-refractivity contribution in [1.29, 1.82) is 0 Å². The lowest BCUT2D eigenvalue weighted by Gasteiger charge is -2.05. The Morgan fingerprint density at radius 3 is 2.75 bits per heavy atom. The summed E-state index contributed by atoms with van der Waals surface area (Å²) in [6, 6.07) is 7.92. The molecule has 9 heteroatoms. The summed E-state index contributed by atoms with van der Waals surface area (Å²) in [4.78, 5) is 12.7. The van der Waals surface area contributed by atoms with Gasteiger partial charge in [0, 0.05) is 16.8 Å². The van der Waals surface area contributed by atoms with E-state index in [9.17, 15) is 9.18 Å². The Kier molecular flexibility index (Phi) is 5.24. The Bertz CT molecular complexity index is 892. The normalized spacial score (nSPS) is 10.8. The molecule has 0 aliphatic carbocycles. The van der Waals surface area contributed by atoms with Gasteiger partial charge in [-0.05, 0) is 40.2 Å². The molecule has 2 aromatic heterocycles. The Hall–Kier alpha value is -1.41. The third-order valence-electron chi connectivity index (χ3n) is 3.13. The quantitative estimate of drug-likeness (QED) is 0.576. The monoisotopic (exact) mass is 447 g/mol. The highest BCUT2D eigenvalue weighted by Crippen LogP contribution is 2.26. The van der Waals surface area contributed by atoms with Gasteiger partial charge in [-0.3, -0.25) is 9.48 Å². The average molecular weight is 449 g/mol. The molecule has 0 aliphatic rings. The van der Waals surface area contributed by atoms with E-state index in [1.165, 1.54) is 34.3 Å². The van der Waals surface area contributed by atoms with Crippen LogP contribution in [-0.4, -0.2) is 15.7 Å². The van der Waals surface area contributed by atoms with Crippen LogP contribution in [-0.2, 0) is 6.54 Å². The highest BCUT2D eigenvalue weighted by molar-refractivity contribution is 9.11. The van der Waals surface area contributed by atoms with E-state index in [1.54, 1.807) is 18.2 Å². The van der Waals surface area contributed by atoms with Crippen LogP contribution >= 0.6 is 50.5 Å². The molecule has 124 valence electrons. The zero-order valence-corrected chi connectivity index (χ0v) is 15.8. The van der Waals surface area contributed by atoms with Crippen LogP contribution in [0.1, 0.15) is 15.2 Å². The third-order valence-corrected chi connectivity index (χ3v) is 5.38. The molecule has 1 N–H and O–H groups in total. The van der Waals surface area contributed by atoms with Crippen LogP contribution in [0.3, 0.4) is 0 Å². The molecular formula is C15H9BrCl2FN3OS. The molecule has 1 amide bonds. The number of aromatic nitrogens is 2. The van der Waals surface area contributed by atoms with Gasteiger partial charge in [0.15, 0.2) is 5.82 Å². The number of hydrogen-bond donors (Lipinski definition) is 1. The zero-order valence-electron chi connectivity index (χ0n) is 11.9. The zero-order chi connectivity index (χ0) is 17.3. The molecule has 0 bridgehead atoms. The van der Waals surface area contributed by atoms with Gasteiger partial charge in [0.1, 0.15) is 10.8 Å². The van der Waals surface area contributed by atoms with E-state index >= 15 is 0 Å². The van der Waals surface area contributed by atoms with Crippen LogP contribution in [0.2, 0.25) is 10.0 Å². The second kappa shape index (κ2) is 7.23. The van der Waals surface area contributed by atoms with Crippen molar-refractivity contribution in [3.8, 4) is 0 Å². The summed E-state index contributed by atoms with van der Waals surface area (Å²) in [5.41, 5.74) is 0.304. The van der Waals surface area contributed by atoms with Crippen LogP contribution in [0.4, 0.5) is 10.2 Å². The Morgan fingerprint density at radius 1 is 1.29 bits per heavy atom. The molecule has 1 aromatic carbocycles. The van der Waals surface area contributed by atoms with E-state index < -0.39 is 5.82 Å². The summed E-state index contributed by atoms with van der Waals surface area (Å²) in [6.07, 6.45) is 1.50. The van der Waals surface area contributed by atoms with E-state index in [0.717, 1.165) is 3.79 Å². The van der Waals surface area contributed by atoms with E-state index in [0.29, 0.717) is 15.5 Å². The highest BCUT2D eigenvalue weighted by atomic mass is 79.9. The summed E-state index contributed by atoms with van der Waals surface area (Å²) in [7, 11) is 0. The van der Waals surface area contributed by atoms with Gasteiger partial charge >= 0.3 is 0 Å². The minimum atomic E-state index is -0.428. The maximum atomic E-state index is 13.8. The number of rotatable bonds is 4. The summed E-state index contributed by atoms with van der Waals surface area (Å²) in [5, 5.41) is 7.37. The topological polar surface area (TPSA) is 46.9 Å². The van der Waals surface area contributed by atoms with Crippen LogP contribution in [0.25, 0.3) is 0 Å². The Labute approximate surface area is 159 Å². The smallest absolute Gasteiger partial charge is 0.267 e. The van der Waals surface area contributed by atoms with Crippen molar-refractivity contribution < 1.29 is 9.18 Å². The number of carbonyl (C=O) groups excluding carboxylic acids is 1. The number of thiophene rings is 1. The predicted octanol–water partition coefficient (Wildman–Crippen LogP) is 5.45. The number of hydrogen-bond acceptors (Lipinski definition) is 3. The van der Waals surface area contributed by atoms with Crippen molar-refractivity contribution in [1.82, 2.24) is 9.78 Å². The molecule has 0 saturated carbocycles. The van der Waals surface area contributed by atoms with E-state index in [2.05, 4.69) is 26.3 Å². The molecule has 3 rings (SSSR count). The number of anilines is 1. The maximum absolute atomic E-state index is 13.8. The van der Waals surface area contributed by atoms with Crippen LogP contribution in [0.15, 0.2) is 40.3 Å². The molecule has 0 fully saturated rings. The first-order chi connectivity index (χ1) is 11.4. The Balaban J connectivity index is 1.79. The molecule has 0 saturated heterocycles. The van der Waals surface area contributed by atoms with Crippen LogP contribution in [0.5, 0.6) is 0 Å². The van der Waals surface area contributed by atoms with Crippen molar-refractivity contribution in [3.63, 3.8) is 0 Å². The van der Waals surface area contributed by atoms with E-state index in [4.69, 9.17) is 23.2 Å². The van der Waals surface area contributed by atoms with Gasteiger partial charge in [-0.1, -0.05) is 29.3 Å². The largest absolute Gasteiger partial charge is 0.303 e. The predicted molar refractivity (Wildman–Crippen MR) is 97.7 cm³/mol. The highest BCUT2D eigenvalue weighted by Gasteiger charge is 2.15. The minimum absolute atomic E-state index is 0.103. The van der Waals surface area contributed by atoms with Gasteiger partial charge in [0.05, 0.1) is 15.2 Å².